The number of hydrogen-bond acceptors (Lipinski definition) is 6. The van der Waals surface area contributed by atoms with E-state index in [4.69, 9.17) is 14.4 Å². The fraction of sp³-hybridized carbons (Fsp3) is 0.250. The number of methoxy groups -OCH3 is 1. The minimum Gasteiger partial charge on any atom is -0.464 e. The second-order valence-corrected chi connectivity index (χ2v) is 6.64. The third-order valence-electron chi connectivity index (χ3n) is 3.96. The molecule has 0 aromatic heterocycles. The van der Waals surface area contributed by atoms with Crippen LogP contribution in [0.2, 0.25) is 0 Å². The first kappa shape index (κ1) is 21.6. The van der Waals surface area contributed by atoms with Gasteiger partial charge in [0.2, 0.25) is 0 Å². The first-order chi connectivity index (χ1) is 13.4. The molecule has 0 radical (unpaired) electrons. The Bertz CT molecular complexity index is 928. The lowest BCUT2D eigenvalue weighted by atomic mass is 9.99. The maximum absolute atomic E-state index is 13.5. The van der Waals surface area contributed by atoms with E-state index in [0.29, 0.717) is 26.9 Å². The van der Waals surface area contributed by atoms with E-state index in [2.05, 4.69) is 26.2 Å². The SMILES string of the molecule is CO/N=C(/C(=O)OC)c1cccc(C)c1CO/N=C(\C)c1cc(F)ccc1Br. The third kappa shape index (κ3) is 5.16. The zero-order valence-electron chi connectivity index (χ0n) is 16.0. The Hall–Kier alpha value is -2.74. The van der Waals surface area contributed by atoms with Crippen LogP contribution in [0.15, 0.2) is 51.2 Å². The summed E-state index contributed by atoms with van der Waals surface area (Å²) in [5.41, 5.74) is 3.22. The molecule has 28 heavy (non-hydrogen) atoms. The normalized spacial score (nSPS) is 11.9. The summed E-state index contributed by atoms with van der Waals surface area (Å²) in [6, 6.07) is 9.72. The Morgan fingerprint density at radius 3 is 2.57 bits per heavy atom. The molecule has 8 heteroatoms. The molecule has 0 amide bonds. The highest BCUT2D eigenvalue weighted by Gasteiger charge is 2.20. The van der Waals surface area contributed by atoms with Gasteiger partial charge in [0.15, 0.2) is 5.71 Å². The molecular weight excluding hydrogens is 431 g/mol. The largest absolute Gasteiger partial charge is 0.464 e. The van der Waals surface area contributed by atoms with Crippen LogP contribution in [0.25, 0.3) is 0 Å². The van der Waals surface area contributed by atoms with Gasteiger partial charge in [-0.1, -0.05) is 44.4 Å². The molecule has 0 heterocycles. The van der Waals surface area contributed by atoms with E-state index in [1.54, 1.807) is 25.1 Å². The van der Waals surface area contributed by atoms with Crippen LogP contribution in [0.3, 0.4) is 0 Å². The van der Waals surface area contributed by atoms with Gasteiger partial charge in [-0.05, 0) is 37.6 Å². The molecule has 148 valence electrons. The fourth-order valence-corrected chi connectivity index (χ4v) is 3.05. The molecule has 0 atom stereocenters. The smallest absolute Gasteiger partial charge is 0.360 e. The second-order valence-electron chi connectivity index (χ2n) is 5.79. The van der Waals surface area contributed by atoms with Crippen LogP contribution < -0.4 is 0 Å². The lowest BCUT2D eigenvalue weighted by molar-refractivity contribution is -0.132. The number of esters is 1. The fourth-order valence-electron chi connectivity index (χ4n) is 2.52. The predicted octanol–water partition coefficient (Wildman–Crippen LogP) is 4.36. The van der Waals surface area contributed by atoms with Crippen LogP contribution in [0.4, 0.5) is 4.39 Å². The summed E-state index contributed by atoms with van der Waals surface area (Å²) in [6.07, 6.45) is 0. The Kier molecular flexibility index (Phi) is 7.69. The van der Waals surface area contributed by atoms with Crippen LogP contribution in [0.1, 0.15) is 29.2 Å². The first-order valence-corrected chi connectivity index (χ1v) is 9.08. The van der Waals surface area contributed by atoms with Crippen molar-refractivity contribution in [3.8, 4) is 0 Å². The van der Waals surface area contributed by atoms with Gasteiger partial charge in [-0.3, -0.25) is 0 Å². The molecule has 2 aromatic rings. The quantitative estimate of drug-likeness (QED) is 0.357. The van der Waals surface area contributed by atoms with Crippen molar-refractivity contribution in [2.45, 2.75) is 20.5 Å². The lowest BCUT2D eigenvalue weighted by Crippen LogP contribution is -2.20. The van der Waals surface area contributed by atoms with Crippen molar-refractivity contribution in [2.75, 3.05) is 14.2 Å². The van der Waals surface area contributed by atoms with Crippen LogP contribution in [0, 0.1) is 12.7 Å². The van der Waals surface area contributed by atoms with E-state index >= 15 is 0 Å². The zero-order valence-corrected chi connectivity index (χ0v) is 17.5. The molecule has 6 nitrogen and oxygen atoms in total. The number of aryl methyl sites for hydroxylation is 1. The molecule has 0 saturated carbocycles. The highest BCUT2D eigenvalue weighted by atomic mass is 79.9. The van der Waals surface area contributed by atoms with Gasteiger partial charge in [-0.25, -0.2) is 9.18 Å². The number of halogens is 2. The van der Waals surface area contributed by atoms with Gasteiger partial charge in [0.05, 0.1) is 12.8 Å². The van der Waals surface area contributed by atoms with Crippen molar-refractivity contribution in [1.82, 2.24) is 0 Å². The molecule has 0 aliphatic heterocycles. The van der Waals surface area contributed by atoms with E-state index in [1.165, 1.54) is 26.4 Å². The average molecular weight is 451 g/mol. The van der Waals surface area contributed by atoms with E-state index in [9.17, 15) is 9.18 Å². The number of rotatable bonds is 7. The molecule has 0 N–H and O–H groups in total. The van der Waals surface area contributed by atoms with Gasteiger partial charge in [-0.15, -0.1) is 0 Å². The van der Waals surface area contributed by atoms with Crippen LogP contribution in [-0.2, 0) is 25.8 Å². The summed E-state index contributed by atoms with van der Waals surface area (Å²) in [5.74, 6) is -0.996. The van der Waals surface area contributed by atoms with Gasteiger partial charge in [0, 0.05) is 21.2 Å². The summed E-state index contributed by atoms with van der Waals surface area (Å²) >= 11 is 3.37. The highest BCUT2D eigenvalue weighted by Crippen LogP contribution is 2.20. The molecule has 0 spiro atoms. The van der Waals surface area contributed by atoms with Crippen molar-refractivity contribution in [3.63, 3.8) is 0 Å². The minimum absolute atomic E-state index is 0.0286. The molecule has 2 rings (SSSR count). The lowest BCUT2D eigenvalue weighted by Gasteiger charge is -2.12. The summed E-state index contributed by atoms with van der Waals surface area (Å²) in [4.78, 5) is 22.3. The second kappa shape index (κ2) is 9.98. The van der Waals surface area contributed by atoms with Crippen molar-refractivity contribution >= 4 is 33.3 Å². The molecule has 0 aliphatic rings. The standard InChI is InChI=1S/C20H20BrFN2O4/c1-12-6-5-7-15(19(24-27-4)20(25)26-3)17(12)11-28-23-13(2)16-10-14(22)8-9-18(16)21/h5-10H,11H2,1-4H3/b23-13+,24-19+. The van der Waals surface area contributed by atoms with Crippen molar-refractivity contribution in [2.24, 2.45) is 10.3 Å². The predicted molar refractivity (Wildman–Crippen MR) is 108 cm³/mol. The molecule has 0 aliphatic carbocycles. The molecule has 2 aromatic carbocycles. The number of oxime groups is 2. The van der Waals surface area contributed by atoms with Gasteiger partial charge < -0.3 is 14.4 Å². The average Bonchev–Trinajstić information content (AvgIpc) is 2.68. The highest BCUT2D eigenvalue weighted by molar-refractivity contribution is 9.10. The number of ether oxygens (including phenoxy) is 1. The number of carbonyl (C=O) groups is 1. The molecule has 0 fully saturated rings. The Morgan fingerprint density at radius 1 is 1.14 bits per heavy atom. The third-order valence-corrected chi connectivity index (χ3v) is 4.65. The summed E-state index contributed by atoms with van der Waals surface area (Å²) in [6.45, 7) is 3.67. The van der Waals surface area contributed by atoms with Crippen LogP contribution >= 0.6 is 15.9 Å². The van der Waals surface area contributed by atoms with E-state index in [0.717, 1.165) is 5.56 Å². The maximum Gasteiger partial charge on any atom is 0.360 e. The van der Waals surface area contributed by atoms with Crippen molar-refractivity contribution in [3.05, 3.63) is 68.9 Å². The van der Waals surface area contributed by atoms with Gasteiger partial charge in [0.1, 0.15) is 19.5 Å². The van der Waals surface area contributed by atoms with E-state index < -0.39 is 5.97 Å². The molecular formula is C20H20BrFN2O4. The monoisotopic (exact) mass is 450 g/mol. The maximum atomic E-state index is 13.5. The van der Waals surface area contributed by atoms with Gasteiger partial charge in [0.25, 0.3) is 0 Å². The van der Waals surface area contributed by atoms with Crippen LogP contribution in [-0.4, -0.2) is 31.6 Å². The minimum atomic E-state index is -0.628. The molecule has 0 saturated heterocycles. The molecule has 0 unspecified atom stereocenters. The van der Waals surface area contributed by atoms with Crippen LogP contribution in [0.5, 0.6) is 0 Å². The van der Waals surface area contributed by atoms with Crippen molar-refractivity contribution in [1.29, 1.82) is 0 Å². The Morgan fingerprint density at radius 2 is 1.89 bits per heavy atom. The van der Waals surface area contributed by atoms with Crippen molar-refractivity contribution < 1.29 is 23.6 Å². The summed E-state index contributed by atoms with van der Waals surface area (Å²) in [7, 11) is 2.61. The number of hydrogen-bond donors (Lipinski definition) is 0. The van der Waals surface area contributed by atoms with E-state index in [1.807, 2.05) is 13.0 Å². The summed E-state index contributed by atoms with van der Waals surface area (Å²) < 4.78 is 19.0. The van der Waals surface area contributed by atoms with Gasteiger partial charge >= 0.3 is 5.97 Å². The number of nitrogens with zero attached hydrogens (tertiary/aromatic N) is 2. The summed E-state index contributed by atoms with van der Waals surface area (Å²) in [5, 5.41) is 7.86. The number of benzene rings is 2. The van der Waals surface area contributed by atoms with E-state index in [-0.39, 0.29) is 18.1 Å². The topological polar surface area (TPSA) is 69.5 Å². The Labute approximate surface area is 171 Å². The number of carbonyl (C=O) groups excluding carboxylic acids is 1. The zero-order chi connectivity index (χ0) is 20.7. The van der Waals surface area contributed by atoms with Gasteiger partial charge in [-0.2, -0.15) is 0 Å². The molecule has 0 bridgehead atoms. The first-order valence-electron chi connectivity index (χ1n) is 8.29. The Balaban J connectivity index is 2.31.